The molecule has 0 fully saturated rings. The van der Waals surface area contributed by atoms with Gasteiger partial charge >= 0.3 is 0 Å². The highest BCUT2D eigenvalue weighted by molar-refractivity contribution is 7.93. The molecule has 0 aliphatic carbocycles. The highest BCUT2D eigenvalue weighted by Gasteiger charge is 2.08. The summed E-state index contributed by atoms with van der Waals surface area (Å²) in [5.41, 5.74) is 0. The molecule has 0 rings (SSSR count). The Morgan fingerprint density at radius 1 is 1.67 bits per heavy atom. The van der Waals surface area contributed by atoms with Gasteiger partial charge in [-0.1, -0.05) is 6.92 Å². The molecule has 0 amide bonds. The third-order valence-corrected chi connectivity index (χ3v) is 1.86. The predicted octanol–water partition coefficient (Wildman–Crippen LogP) is 0.192. The fraction of sp³-hybridized carbons (Fsp3) is 0.500. The molecule has 0 bridgehead atoms. The lowest BCUT2D eigenvalue weighted by atomic mass is 10.5. The predicted molar refractivity (Wildman–Crippen MR) is 46.2 cm³/mol. The summed E-state index contributed by atoms with van der Waals surface area (Å²) in [7, 11) is -3.80. The highest BCUT2D eigenvalue weighted by Crippen LogP contribution is 1.97. The lowest BCUT2D eigenvalue weighted by Crippen LogP contribution is -2.15. The van der Waals surface area contributed by atoms with E-state index in [9.17, 15) is 8.42 Å². The molecule has 0 saturated carbocycles. The molecular weight excluding hydrogens is 180 g/mol. The van der Waals surface area contributed by atoms with E-state index in [0.717, 1.165) is 12.7 Å². The van der Waals surface area contributed by atoms with Crippen LogP contribution in [0.2, 0.25) is 0 Å². The quantitative estimate of drug-likeness (QED) is 0.370. The molecule has 6 heteroatoms. The van der Waals surface area contributed by atoms with E-state index < -0.39 is 10.0 Å². The van der Waals surface area contributed by atoms with Gasteiger partial charge in [-0.15, -0.1) is 0 Å². The summed E-state index contributed by atoms with van der Waals surface area (Å²) in [6, 6.07) is 0. The minimum atomic E-state index is -3.80. The summed E-state index contributed by atoms with van der Waals surface area (Å²) in [5.74, 6) is 0. The summed E-state index contributed by atoms with van der Waals surface area (Å²) in [6.07, 6.45) is 2.39. The van der Waals surface area contributed by atoms with Gasteiger partial charge in [0.2, 0.25) is 10.0 Å². The molecule has 0 aromatic carbocycles. The van der Waals surface area contributed by atoms with E-state index >= 15 is 0 Å². The normalized spacial score (nSPS) is 12.7. The van der Waals surface area contributed by atoms with Gasteiger partial charge in [0.05, 0.1) is 6.61 Å². The molecule has 0 atom stereocenters. The lowest BCUT2D eigenvalue weighted by molar-refractivity contribution is 0.249. The van der Waals surface area contributed by atoms with Crippen LogP contribution < -0.4 is 5.14 Å². The van der Waals surface area contributed by atoms with Gasteiger partial charge in [0.25, 0.3) is 0 Å². The van der Waals surface area contributed by atoms with Crippen LogP contribution >= 0.6 is 0 Å². The van der Waals surface area contributed by atoms with Crippen LogP contribution in [0.4, 0.5) is 0 Å². The van der Waals surface area contributed by atoms with Crippen LogP contribution in [-0.4, -0.2) is 21.2 Å². The van der Waals surface area contributed by atoms with Crippen molar-refractivity contribution < 1.29 is 13.2 Å². The van der Waals surface area contributed by atoms with E-state index in [1.807, 2.05) is 6.92 Å². The van der Waals surface area contributed by atoms with Gasteiger partial charge in [-0.2, -0.15) is 0 Å². The Labute approximate surface area is 71.8 Å². The molecule has 0 aromatic rings. The fourth-order valence-electron chi connectivity index (χ4n) is 0.442. The average Bonchev–Trinajstić information content (AvgIpc) is 1.95. The number of nitrogens with one attached hydrogen (secondary N) is 1. The maximum Gasteiger partial charge on any atom is 0.242 e. The summed E-state index contributed by atoms with van der Waals surface area (Å²) >= 11 is 0. The number of hydrogen-bond acceptors (Lipinski definition) is 4. The first-order valence-corrected chi connectivity index (χ1v) is 4.92. The highest BCUT2D eigenvalue weighted by atomic mass is 32.2. The number of rotatable bonds is 5. The van der Waals surface area contributed by atoms with Crippen molar-refractivity contribution in [3.8, 4) is 0 Å². The molecule has 0 radical (unpaired) electrons. The second-order valence-electron chi connectivity index (χ2n) is 2.08. The molecule has 3 N–H and O–H groups in total. The topological polar surface area (TPSA) is 93.2 Å². The zero-order valence-electron chi connectivity index (χ0n) is 6.78. The number of primary sulfonamides is 1. The van der Waals surface area contributed by atoms with Crippen molar-refractivity contribution >= 4 is 16.2 Å². The molecule has 70 valence electrons. The molecule has 0 aliphatic rings. The largest absolute Gasteiger partial charge is 0.500 e. The maximum absolute atomic E-state index is 10.6. The van der Waals surface area contributed by atoms with Gasteiger partial charge in [0.1, 0.15) is 11.2 Å². The second-order valence-corrected chi connectivity index (χ2v) is 3.64. The monoisotopic (exact) mass is 192 g/mol. The molecule has 0 aliphatic heterocycles. The van der Waals surface area contributed by atoms with Crippen LogP contribution in [0.25, 0.3) is 0 Å². The number of nitrogens with two attached hydrogens (primary N) is 1. The average molecular weight is 192 g/mol. The molecule has 0 unspecified atom stereocenters. The van der Waals surface area contributed by atoms with Crippen molar-refractivity contribution in [2.45, 2.75) is 13.3 Å². The third kappa shape index (κ3) is 4.09. The number of allylic oxidation sites excluding steroid dienone is 1. The number of sulfonamides is 1. The summed E-state index contributed by atoms with van der Waals surface area (Å²) in [5, 5.41) is 11.5. The van der Waals surface area contributed by atoms with Crippen LogP contribution in [0.15, 0.2) is 11.2 Å². The standard InChI is InChI=1S/C6H12N2O3S/c1-2-3-11-5-6(4-7)12(8,9)10/h4-5,7H,2-3H2,1H3,(H2,8,9,10)/b6-5-,7-4?. The van der Waals surface area contributed by atoms with Gasteiger partial charge in [-0.25, -0.2) is 13.6 Å². The first-order valence-electron chi connectivity index (χ1n) is 3.37. The van der Waals surface area contributed by atoms with Crippen molar-refractivity contribution in [3.63, 3.8) is 0 Å². The van der Waals surface area contributed by atoms with Gasteiger partial charge in [-0.3, -0.25) is 0 Å². The zero-order chi connectivity index (χ0) is 9.61. The maximum atomic E-state index is 10.6. The Morgan fingerprint density at radius 2 is 2.25 bits per heavy atom. The molecule has 0 aromatic heterocycles. The minimum Gasteiger partial charge on any atom is -0.500 e. The van der Waals surface area contributed by atoms with Crippen LogP contribution in [-0.2, 0) is 14.8 Å². The first kappa shape index (κ1) is 11.1. The SMILES string of the molecule is CCCO/C=C(/C=N)S(N)(=O)=O. The molecule has 12 heavy (non-hydrogen) atoms. The van der Waals surface area contributed by atoms with E-state index in [4.69, 9.17) is 15.3 Å². The lowest BCUT2D eigenvalue weighted by Gasteiger charge is -1.99. The van der Waals surface area contributed by atoms with Crippen molar-refractivity contribution in [2.75, 3.05) is 6.61 Å². The minimum absolute atomic E-state index is 0.323. The number of hydrogen-bond donors (Lipinski definition) is 2. The second kappa shape index (κ2) is 4.89. The molecular formula is C6H12N2O3S. The van der Waals surface area contributed by atoms with Crippen LogP contribution in [0.3, 0.4) is 0 Å². The van der Waals surface area contributed by atoms with E-state index in [-0.39, 0.29) is 4.91 Å². The Hall–Kier alpha value is -0.880. The Bertz CT molecular complexity index is 269. The summed E-state index contributed by atoms with van der Waals surface area (Å²) in [4.78, 5) is -0.323. The van der Waals surface area contributed by atoms with Gasteiger partial charge in [0.15, 0.2) is 0 Å². The Kier molecular flexibility index (Phi) is 4.53. The Balaban J connectivity index is 4.36. The molecule has 0 heterocycles. The molecule has 0 saturated heterocycles. The van der Waals surface area contributed by atoms with Gasteiger partial charge in [0, 0.05) is 6.21 Å². The van der Waals surface area contributed by atoms with Crippen LogP contribution in [0.1, 0.15) is 13.3 Å². The van der Waals surface area contributed by atoms with E-state index in [0.29, 0.717) is 12.8 Å². The van der Waals surface area contributed by atoms with Crippen molar-refractivity contribution in [1.82, 2.24) is 0 Å². The molecule has 5 nitrogen and oxygen atoms in total. The fourth-order valence-corrected chi connectivity index (χ4v) is 0.809. The van der Waals surface area contributed by atoms with Gasteiger partial charge in [-0.05, 0) is 6.42 Å². The van der Waals surface area contributed by atoms with Gasteiger partial charge < -0.3 is 10.1 Å². The third-order valence-electron chi connectivity index (χ3n) is 0.992. The van der Waals surface area contributed by atoms with Crippen molar-refractivity contribution in [2.24, 2.45) is 5.14 Å². The van der Waals surface area contributed by atoms with E-state index in [1.165, 1.54) is 0 Å². The first-order chi connectivity index (χ1) is 5.52. The summed E-state index contributed by atoms with van der Waals surface area (Å²) < 4.78 is 26.1. The van der Waals surface area contributed by atoms with E-state index in [1.54, 1.807) is 0 Å². The van der Waals surface area contributed by atoms with Crippen LogP contribution in [0.5, 0.6) is 0 Å². The van der Waals surface area contributed by atoms with E-state index in [2.05, 4.69) is 0 Å². The van der Waals surface area contributed by atoms with Crippen molar-refractivity contribution in [1.29, 1.82) is 5.41 Å². The number of ether oxygens (including phenoxy) is 1. The molecule has 0 spiro atoms. The Morgan fingerprint density at radius 3 is 2.58 bits per heavy atom. The zero-order valence-corrected chi connectivity index (χ0v) is 7.60. The van der Waals surface area contributed by atoms with Crippen LogP contribution in [0, 0.1) is 5.41 Å². The smallest absolute Gasteiger partial charge is 0.242 e. The summed E-state index contributed by atoms with van der Waals surface area (Å²) in [6.45, 7) is 2.29. The van der Waals surface area contributed by atoms with Crippen molar-refractivity contribution in [3.05, 3.63) is 11.2 Å².